The largest absolute Gasteiger partial charge is 0.456 e. The molecule has 3 rings (SSSR count). The average Bonchev–Trinajstić information content (AvgIpc) is 2.95. The summed E-state index contributed by atoms with van der Waals surface area (Å²) in [6.45, 7) is 7.51. The normalized spacial score (nSPS) is 43.4. The fraction of sp³-hybridized carbons (Fsp3) is 0.882. The lowest BCUT2D eigenvalue weighted by molar-refractivity contribution is -0.185. The summed E-state index contributed by atoms with van der Waals surface area (Å²) in [5.41, 5.74) is 0.195. The van der Waals surface area contributed by atoms with Crippen LogP contribution in [0.15, 0.2) is 0 Å². The highest BCUT2D eigenvalue weighted by Gasteiger charge is 2.68. The second-order valence-corrected chi connectivity index (χ2v) is 7.93. The molecule has 0 heterocycles. The van der Waals surface area contributed by atoms with Gasteiger partial charge in [0.05, 0.1) is 5.92 Å². The zero-order valence-corrected chi connectivity index (χ0v) is 13.5. The molecule has 3 aliphatic carbocycles. The van der Waals surface area contributed by atoms with Gasteiger partial charge >= 0.3 is 11.9 Å². The molecule has 3 fully saturated rings. The molecule has 1 spiro atoms. The van der Waals surface area contributed by atoms with Crippen LogP contribution in [0.5, 0.6) is 0 Å². The molecule has 2 bridgehead atoms. The topological polar surface area (TPSA) is 52.6 Å². The molecule has 0 amide bonds. The molecule has 4 nitrogen and oxygen atoms in total. The summed E-state index contributed by atoms with van der Waals surface area (Å²) in [5, 5.41) is 0. The minimum Gasteiger partial charge on any atom is -0.456 e. The van der Waals surface area contributed by atoms with Crippen molar-refractivity contribution in [3.63, 3.8) is 0 Å². The maximum absolute atomic E-state index is 12.1. The number of hydrogen-bond acceptors (Lipinski definition) is 4. The molecule has 5 atom stereocenters. The van der Waals surface area contributed by atoms with E-state index in [9.17, 15) is 9.59 Å². The molecule has 0 saturated heterocycles. The van der Waals surface area contributed by atoms with Gasteiger partial charge in [-0.2, -0.15) is 0 Å². The Morgan fingerprint density at radius 3 is 2.52 bits per heavy atom. The van der Waals surface area contributed by atoms with Crippen molar-refractivity contribution in [2.75, 3.05) is 6.61 Å². The van der Waals surface area contributed by atoms with E-state index in [0.717, 1.165) is 5.92 Å². The molecule has 0 aliphatic heterocycles. The van der Waals surface area contributed by atoms with Crippen molar-refractivity contribution in [2.24, 2.45) is 29.1 Å². The van der Waals surface area contributed by atoms with Crippen LogP contribution in [0.1, 0.15) is 53.4 Å². The Bertz CT molecular complexity index is 471. The van der Waals surface area contributed by atoms with Crippen molar-refractivity contribution in [2.45, 2.75) is 59.0 Å². The van der Waals surface area contributed by atoms with Gasteiger partial charge in [-0.25, -0.2) is 4.79 Å². The minimum atomic E-state index is -0.408. The van der Waals surface area contributed by atoms with Gasteiger partial charge in [0.15, 0.2) is 6.61 Å². The molecule has 0 N–H and O–H groups in total. The van der Waals surface area contributed by atoms with Crippen LogP contribution in [0, 0.1) is 29.1 Å². The predicted octanol–water partition coefficient (Wildman–Crippen LogP) is 2.94. The van der Waals surface area contributed by atoms with Crippen molar-refractivity contribution >= 4 is 11.9 Å². The second kappa shape index (κ2) is 4.72. The molecular weight excluding hydrogens is 268 g/mol. The molecule has 0 radical (unpaired) electrons. The average molecular weight is 294 g/mol. The molecule has 3 saturated carbocycles. The van der Waals surface area contributed by atoms with E-state index in [0.29, 0.717) is 17.3 Å². The first kappa shape index (κ1) is 14.9. The van der Waals surface area contributed by atoms with Gasteiger partial charge in [0.25, 0.3) is 0 Å². The molecule has 0 aromatic carbocycles. The number of hydrogen-bond donors (Lipinski definition) is 0. The Kier molecular flexibility index (Phi) is 3.34. The molecule has 4 heteroatoms. The van der Waals surface area contributed by atoms with E-state index >= 15 is 0 Å². The summed E-state index contributed by atoms with van der Waals surface area (Å²) in [5.74, 6) is 0.746. The van der Waals surface area contributed by atoms with Gasteiger partial charge in [0.1, 0.15) is 5.60 Å². The lowest BCUT2D eigenvalue weighted by atomic mass is 9.67. The smallest absolute Gasteiger partial charge is 0.344 e. The maximum atomic E-state index is 12.1. The summed E-state index contributed by atoms with van der Waals surface area (Å²) in [4.78, 5) is 23.5. The summed E-state index contributed by atoms with van der Waals surface area (Å²) >= 11 is 0. The second-order valence-electron chi connectivity index (χ2n) is 7.93. The summed E-state index contributed by atoms with van der Waals surface area (Å²) < 4.78 is 10.8. The first-order chi connectivity index (χ1) is 9.77. The molecule has 118 valence electrons. The van der Waals surface area contributed by atoms with E-state index in [2.05, 4.69) is 13.8 Å². The fourth-order valence-corrected chi connectivity index (χ4v) is 4.67. The first-order valence-corrected chi connectivity index (χ1v) is 8.15. The van der Waals surface area contributed by atoms with E-state index in [1.165, 1.54) is 25.7 Å². The van der Waals surface area contributed by atoms with Gasteiger partial charge in [-0.15, -0.1) is 0 Å². The fourth-order valence-electron chi connectivity index (χ4n) is 4.67. The van der Waals surface area contributed by atoms with Crippen molar-refractivity contribution in [1.82, 2.24) is 0 Å². The standard InChI is InChI=1S/C17H26O4/c1-10(2)15(19)20-9-14(18)21-16(4)11(3)6-17-7-12(16)5-13(17)8-17/h10-13H,5-9H2,1-4H3. The van der Waals surface area contributed by atoms with Gasteiger partial charge in [-0.1, -0.05) is 20.8 Å². The number of fused-ring (bicyclic) bond motifs is 1. The van der Waals surface area contributed by atoms with E-state index in [1.54, 1.807) is 13.8 Å². The van der Waals surface area contributed by atoms with Crippen LogP contribution >= 0.6 is 0 Å². The number of ether oxygens (including phenoxy) is 2. The quantitative estimate of drug-likeness (QED) is 0.748. The highest BCUT2D eigenvalue weighted by molar-refractivity contribution is 5.77. The van der Waals surface area contributed by atoms with Crippen molar-refractivity contribution in [1.29, 1.82) is 0 Å². The summed E-state index contributed by atoms with van der Waals surface area (Å²) in [7, 11) is 0. The lowest BCUT2D eigenvalue weighted by Crippen LogP contribution is -2.49. The molecular formula is C17H26O4. The third-order valence-corrected chi connectivity index (χ3v) is 6.22. The van der Waals surface area contributed by atoms with Crippen molar-refractivity contribution < 1.29 is 19.1 Å². The van der Waals surface area contributed by atoms with Crippen molar-refractivity contribution in [3.8, 4) is 0 Å². The molecule has 21 heavy (non-hydrogen) atoms. The minimum absolute atomic E-state index is 0.219. The first-order valence-electron chi connectivity index (χ1n) is 8.15. The van der Waals surface area contributed by atoms with Gasteiger partial charge in [-0.05, 0) is 55.8 Å². The van der Waals surface area contributed by atoms with Crippen molar-refractivity contribution in [3.05, 3.63) is 0 Å². The Hall–Kier alpha value is -1.06. The molecule has 3 aliphatic rings. The Morgan fingerprint density at radius 2 is 1.86 bits per heavy atom. The molecule has 5 unspecified atom stereocenters. The van der Waals surface area contributed by atoms with E-state index in [4.69, 9.17) is 9.47 Å². The Morgan fingerprint density at radius 1 is 1.19 bits per heavy atom. The maximum Gasteiger partial charge on any atom is 0.344 e. The molecule has 0 aromatic rings. The number of carbonyl (C=O) groups is 2. The lowest BCUT2D eigenvalue weighted by Gasteiger charge is -2.45. The van der Waals surface area contributed by atoms with Crippen LogP contribution in [0.4, 0.5) is 0 Å². The number of rotatable bonds is 4. The monoisotopic (exact) mass is 294 g/mol. The Balaban J connectivity index is 1.58. The SMILES string of the molecule is CC(C)C(=O)OCC(=O)OC1(C)C(C)CC23CC2CC1C3. The highest BCUT2D eigenvalue weighted by Crippen LogP contribution is 2.74. The van der Waals surface area contributed by atoms with Gasteiger partial charge in [-0.3, -0.25) is 4.79 Å². The highest BCUT2D eigenvalue weighted by atomic mass is 16.6. The van der Waals surface area contributed by atoms with E-state index < -0.39 is 5.97 Å². The van der Waals surface area contributed by atoms with Crippen LogP contribution in [0.2, 0.25) is 0 Å². The number of esters is 2. The number of carbonyl (C=O) groups excluding carboxylic acids is 2. The van der Waals surface area contributed by atoms with Gasteiger partial charge in [0, 0.05) is 0 Å². The van der Waals surface area contributed by atoms with Crippen LogP contribution in [0.25, 0.3) is 0 Å². The van der Waals surface area contributed by atoms with Crippen LogP contribution in [-0.4, -0.2) is 24.1 Å². The van der Waals surface area contributed by atoms with Crippen LogP contribution in [0.3, 0.4) is 0 Å². The molecule has 0 aromatic heterocycles. The van der Waals surface area contributed by atoms with Gasteiger partial charge < -0.3 is 9.47 Å². The summed E-state index contributed by atoms with van der Waals surface area (Å²) in [6.07, 6.45) is 4.95. The van der Waals surface area contributed by atoms with Crippen LogP contribution < -0.4 is 0 Å². The Labute approximate surface area is 126 Å². The third-order valence-electron chi connectivity index (χ3n) is 6.22. The zero-order valence-electron chi connectivity index (χ0n) is 13.5. The van der Waals surface area contributed by atoms with Gasteiger partial charge in [0.2, 0.25) is 0 Å². The zero-order chi connectivity index (χ0) is 15.4. The van der Waals surface area contributed by atoms with Crippen LogP contribution in [-0.2, 0) is 19.1 Å². The van der Waals surface area contributed by atoms with E-state index in [-0.39, 0.29) is 24.1 Å². The van der Waals surface area contributed by atoms with E-state index in [1.807, 2.05) is 0 Å². The third kappa shape index (κ3) is 2.36. The summed E-state index contributed by atoms with van der Waals surface area (Å²) in [6, 6.07) is 0. The predicted molar refractivity (Wildman–Crippen MR) is 77.3 cm³/mol.